The Morgan fingerprint density at radius 3 is 2.19 bits per heavy atom. The van der Waals surface area contributed by atoms with E-state index in [4.69, 9.17) is 0 Å². The van der Waals surface area contributed by atoms with Crippen LogP contribution < -0.4 is 10.3 Å². The number of allylic oxidation sites excluding steroid dienone is 2. The number of fused-ring (bicyclic) bond motifs is 4. The molecule has 2 N–H and O–H groups in total. The summed E-state index contributed by atoms with van der Waals surface area (Å²) < 4.78 is 0.986. The summed E-state index contributed by atoms with van der Waals surface area (Å²) in [5.74, 6) is -4.83. The van der Waals surface area contributed by atoms with Crippen molar-refractivity contribution in [2.75, 3.05) is 10.3 Å². The highest BCUT2D eigenvalue weighted by molar-refractivity contribution is 14.1. The zero-order valence-electron chi connectivity index (χ0n) is 26.0. The minimum absolute atomic E-state index is 0.000220. The lowest BCUT2D eigenvalue weighted by Gasteiger charge is -2.50. The first-order valence-corrected chi connectivity index (χ1v) is 17.2. The summed E-state index contributed by atoms with van der Waals surface area (Å²) in [5, 5.41) is 12.6. The third kappa shape index (κ3) is 4.39. The fraction of sp³-hybridized carbons (Fsp3) is 0.231. The summed E-state index contributed by atoms with van der Waals surface area (Å²) in [6, 6.07) is 31.0. The first kappa shape index (κ1) is 30.6. The molecule has 1 saturated carbocycles. The molecular weight excluding hydrogens is 717 g/mol. The molecule has 8 rings (SSSR count). The fourth-order valence-electron chi connectivity index (χ4n) is 8.67. The van der Waals surface area contributed by atoms with Crippen molar-refractivity contribution in [3.8, 4) is 5.75 Å². The van der Waals surface area contributed by atoms with E-state index in [2.05, 4.69) is 28.0 Å². The van der Waals surface area contributed by atoms with Crippen molar-refractivity contribution in [1.82, 2.24) is 5.01 Å². The maximum absolute atomic E-state index is 15.1. The number of nitrogens with zero attached hydrogens (tertiary/aromatic N) is 2. The number of hydrazine groups is 1. The summed E-state index contributed by atoms with van der Waals surface area (Å²) in [6.07, 6.45) is 2.51. The number of imide groups is 2. The maximum Gasteiger partial charge on any atom is 0.260 e. The van der Waals surface area contributed by atoms with Crippen molar-refractivity contribution >= 4 is 57.6 Å². The van der Waals surface area contributed by atoms with Gasteiger partial charge in [-0.05, 0) is 96.3 Å². The Morgan fingerprint density at radius 2 is 1.48 bits per heavy atom. The van der Waals surface area contributed by atoms with Crippen LogP contribution in [0.1, 0.15) is 35.4 Å². The van der Waals surface area contributed by atoms with E-state index < -0.39 is 46.8 Å². The molecule has 8 nitrogen and oxygen atoms in total. The monoisotopic (exact) mass is 749 g/mol. The molecule has 2 saturated heterocycles. The van der Waals surface area contributed by atoms with Gasteiger partial charge in [-0.25, -0.2) is 0 Å². The Labute approximate surface area is 291 Å². The van der Waals surface area contributed by atoms with E-state index in [1.165, 1.54) is 4.90 Å². The minimum Gasteiger partial charge on any atom is -0.508 e. The number of carbonyl (C=O) groups excluding carboxylic acids is 4. The van der Waals surface area contributed by atoms with Crippen LogP contribution in [-0.4, -0.2) is 33.7 Å². The number of para-hydroxylation sites is 1. The van der Waals surface area contributed by atoms with E-state index in [0.29, 0.717) is 28.9 Å². The first-order valence-electron chi connectivity index (χ1n) is 16.1. The van der Waals surface area contributed by atoms with Gasteiger partial charge in [0.25, 0.3) is 11.8 Å². The number of phenols is 1. The van der Waals surface area contributed by atoms with Crippen molar-refractivity contribution in [1.29, 1.82) is 0 Å². The van der Waals surface area contributed by atoms with Gasteiger partial charge in [0.2, 0.25) is 11.8 Å². The van der Waals surface area contributed by atoms with Gasteiger partial charge in [0.15, 0.2) is 0 Å². The summed E-state index contributed by atoms with van der Waals surface area (Å²) in [4.78, 5) is 59.4. The summed E-state index contributed by atoms with van der Waals surface area (Å²) >= 11 is 2.19. The molecule has 240 valence electrons. The van der Waals surface area contributed by atoms with Crippen molar-refractivity contribution < 1.29 is 24.3 Å². The summed E-state index contributed by atoms with van der Waals surface area (Å²) in [7, 11) is 0. The molecule has 4 amide bonds. The van der Waals surface area contributed by atoms with Crippen LogP contribution in [-0.2, 0) is 24.6 Å². The lowest BCUT2D eigenvalue weighted by atomic mass is 9.49. The zero-order chi connectivity index (χ0) is 33.3. The van der Waals surface area contributed by atoms with Gasteiger partial charge in [0.1, 0.15) is 5.75 Å². The molecule has 2 aliphatic heterocycles. The molecule has 3 fully saturated rings. The minimum atomic E-state index is -1.43. The number of rotatable bonds is 5. The lowest BCUT2D eigenvalue weighted by molar-refractivity contribution is -0.138. The number of anilines is 2. The maximum atomic E-state index is 15.1. The number of nitrogens with one attached hydrogen (secondary N) is 1. The highest BCUT2D eigenvalue weighted by Crippen LogP contribution is 2.64. The lowest BCUT2D eigenvalue weighted by Crippen LogP contribution is -2.53. The molecular formula is C39H32IN3O5. The van der Waals surface area contributed by atoms with E-state index in [-0.39, 0.29) is 24.0 Å². The number of amides is 4. The number of phenolic OH excluding ortho intramolecular Hbond substituents is 1. The average molecular weight is 750 g/mol. The Balaban J connectivity index is 1.31. The molecule has 9 heteroatoms. The van der Waals surface area contributed by atoms with E-state index in [9.17, 15) is 19.5 Å². The van der Waals surface area contributed by atoms with Gasteiger partial charge in [-0.3, -0.25) is 29.5 Å². The van der Waals surface area contributed by atoms with Crippen LogP contribution in [0.4, 0.5) is 11.4 Å². The number of hydrogen-bond donors (Lipinski definition) is 2. The van der Waals surface area contributed by atoms with Gasteiger partial charge in [-0.1, -0.05) is 77.9 Å². The van der Waals surface area contributed by atoms with Crippen LogP contribution in [0.25, 0.3) is 0 Å². The van der Waals surface area contributed by atoms with Gasteiger partial charge in [0, 0.05) is 15.1 Å². The average Bonchev–Trinajstić information content (AvgIpc) is 3.48. The smallest absolute Gasteiger partial charge is 0.260 e. The van der Waals surface area contributed by atoms with Gasteiger partial charge in [0.05, 0.1) is 34.5 Å². The van der Waals surface area contributed by atoms with Gasteiger partial charge >= 0.3 is 0 Å². The van der Waals surface area contributed by atoms with Crippen molar-refractivity contribution in [2.45, 2.75) is 31.1 Å². The van der Waals surface area contributed by atoms with Crippen LogP contribution in [0.2, 0.25) is 0 Å². The SMILES string of the molecule is Cc1ccc(NN2C(=O)C3CC4C(=CCC5C(=O)N(c6ccc(I)cc6)C(=O)C54)C(c4ccccc4O)C3(c3ccccc3)C2=O)cc1. The number of hydrogen-bond acceptors (Lipinski definition) is 6. The van der Waals surface area contributed by atoms with E-state index in [1.807, 2.05) is 85.8 Å². The number of halogens is 1. The Morgan fingerprint density at radius 1 is 0.792 bits per heavy atom. The van der Waals surface area contributed by atoms with E-state index in [0.717, 1.165) is 19.7 Å². The van der Waals surface area contributed by atoms with Crippen molar-refractivity contribution in [3.63, 3.8) is 0 Å². The second-order valence-electron chi connectivity index (χ2n) is 13.1. The van der Waals surface area contributed by atoms with E-state index >= 15 is 4.79 Å². The summed E-state index contributed by atoms with van der Waals surface area (Å²) in [5.41, 5.74) is 5.80. The molecule has 48 heavy (non-hydrogen) atoms. The molecule has 0 spiro atoms. The first-order chi connectivity index (χ1) is 23.2. The molecule has 0 radical (unpaired) electrons. The fourth-order valence-corrected chi connectivity index (χ4v) is 9.03. The second-order valence-corrected chi connectivity index (χ2v) is 14.4. The molecule has 0 bridgehead atoms. The van der Waals surface area contributed by atoms with Crippen molar-refractivity contribution in [2.24, 2.45) is 23.7 Å². The van der Waals surface area contributed by atoms with Crippen molar-refractivity contribution in [3.05, 3.63) is 135 Å². The summed E-state index contributed by atoms with van der Waals surface area (Å²) in [6.45, 7) is 1.96. The molecule has 4 aromatic rings. The largest absolute Gasteiger partial charge is 0.508 e. The van der Waals surface area contributed by atoms with E-state index in [1.54, 1.807) is 30.3 Å². The zero-order valence-corrected chi connectivity index (χ0v) is 28.2. The molecule has 2 heterocycles. The molecule has 6 atom stereocenters. The quantitative estimate of drug-likeness (QED) is 0.137. The predicted molar refractivity (Wildman–Crippen MR) is 189 cm³/mol. The Bertz CT molecular complexity index is 2010. The van der Waals surface area contributed by atoms with Crippen LogP contribution >= 0.6 is 22.6 Å². The van der Waals surface area contributed by atoms with Gasteiger partial charge in [-0.15, -0.1) is 0 Å². The molecule has 2 aliphatic carbocycles. The van der Waals surface area contributed by atoms with Crippen LogP contribution in [0.15, 0.2) is 115 Å². The normalized spacial score (nSPS) is 27.8. The molecule has 0 aromatic heterocycles. The predicted octanol–water partition coefficient (Wildman–Crippen LogP) is 6.49. The van der Waals surface area contributed by atoms with Gasteiger partial charge < -0.3 is 5.11 Å². The van der Waals surface area contributed by atoms with Crippen LogP contribution in [0.3, 0.4) is 0 Å². The molecule has 6 unspecified atom stereocenters. The standard InChI is InChI=1S/C39H32IN3O5/c1-22-11-15-25(16-12-22)41-43-36(46)31-21-30-27(19-20-29-33(30)37(47)42(35(29)45)26-17-13-24(40)14-18-26)34(28-9-5-6-10-32(28)44)39(31,38(43)48)23-7-3-2-4-8-23/h2-19,29-31,33-34,41,44H,20-21H2,1H3. The van der Waals surface area contributed by atoms with Crippen LogP contribution in [0, 0.1) is 34.2 Å². The number of carbonyl (C=O) groups is 4. The number of benzene rings is 4. The third-order valence-electron chi connectivity index (χ3n) is 10.7. The van der Waals surface area contributed by atoms with Gasteiger partial charge in [-0.2, -0.15) is 5.01 Å². The second kappa shape index (κ2) is 11.4. The highest BCUT2D eigenvalue weighted by Gasteiger charge is 2.70. The topological polar surface area (TPSA) is 107 Å². The number of aromatic hydroxyl groups is 1. The highest BCUT2D eigenvalue weighted by atomic mass is 127. The number of aryl methyl sites for hydroxylation is 1. The Hall–Kier alpha value is -4.77. The molecule has 4 aromatic carbocycles. The third-order valence-corrected chi connectivity index (χ3v) is 11.4. The molecule has 4 aliphatic rings. The van der Waals surface area contributed by atoms with Crippen LogP contribution in [0.5, 0.6) is 5.75 Å². The Kier molecular flexibility index (Phi) is 7.28.